The van der Waals surface area contributed by atoms with E-state index in [0.29, 0.717) is 5.82 Å². The third-order valence-corrected chi connectivity index (χ3v) is 4.75. The van der Waals surface area contributed by atoms with Crippen LogP contribution in [0.25, 0.3) is 11.4 Å². The Morgan fingerprint density at radius 2 is 1.95 bits per heavy atom. The van der Waals surface area contributed by atoms with Gasteiger partial charge in [0.25, 0.3) is 0 Å². The first-order valence-corrected chi connectivity index (χ1v) is 8.44. The minimum absolute atomic E-state index is 0.0984. The molecule has 1 aromatic heterocycles. The van der Waals surface area contributed by atoms with Gasteiger partial charge in [-0.25, -0.2) is 0 Å². The van der Waals surface area contributed by atoms with E-state index in [1.807, 2.05) is 12.1 Å². The van der Waals surface area contributed by atoms with Crippen molar-refractivity contribution < 1.29 is 4.52 Å². The van der Waals surface area contributed by atoms with Gasteiger partial charge in [-0.05, 0) is 24.3 Å². The largest absolute Gasteiger partial charge is 0.339 e. The van der Waals surface area contributed by atoms with E-state index in [-0.39, 0.29) is 6.04 Å². The molecule has 3 rings (SSSR count). The number of nitrogens with zero attached hydrogens (tertiary/aromatic N) is 2. The van der Waals surface area contributed by atoms with Crippen LogP contribution in [0.5, 0.6) is 0 Å². The lowest BCUT2D eigenvalue weighted by Gasteiger charge is -2.08. The van der Waals surface area contributed by atoms with Crippen LogP contribution in [-0.4, -0.2) is 10.1 Å². The fourth-order valence-electron chi connectivity index (χ4n) is 3.22. The van der Waals surface area contributed by atoms with Crippen LogP contribution in [-0.2, 0) is 6.42 Å². The molecule has 1 aromatic carbocycles. The van der Waals surface area contributed by atoms with Crippen molar-refractivity contribution in [2.45, 2.75) is 57.9 Å². The van der Waals surface area contributed by atoms with Crippen LogP contribution in [0.2, 0.25) is 0 Å². The fourth-order valence-corrected chi connectivity index (χ4v) is 3.22. The molecule has 2 aromatic rings. The molecule has 1 fully saturated rings. The van der Waals surface area contributed by atoms with E-state index in [0.717, 1.165) is 35.8 Å². The number of aromatic nitrogens is 2. The number of hydrogen-bond acceptors (Lipinski definition) is 4. The number of rotatable bonds is 6. The Balaban J connectivity index is 1.62. The standard InChI is InChI=1S/C18H25N3O/c1-2-16(19)14-8-10-15(11-9-14)18-20-17(22-21-18)12-7-13-5-3-4-6-13/h8-11,13,16H,2-7,12,19H2,1H3. The number of aryl methyl sites for hydroxylation is 1. The van der Waals surface area contributed by atoms with E-state index in [1.54, 1.807) is 0 Å². The van der Waals surface area contributed by atoms with Crippen LogP contribution in [0.3, 0.4) is 0 Å². The predicted molar refractivity (Wildman–Crippen MR) is 87.2 cm³/mol. The van der Waals surface area contributed by atoms with Crippen molar-refractivity contribution in [1.29, 1.82) is 0 Å². The fraction of sp³-hybridized carbons (Fsp3) is 0.556. The highest BCUT2D eigenvalue weighted by atomic mass is 16.5. The average Bonchev–Trinajstić information content (AvgIpc) is 3.24. The van der Waals surface area contributed by atoms with Crippen LogP contribution < -0.4 is 5.73 Å². The van der Waals surface area contributed by atoms with Gasteiger partial charge in [0.2, 0.25) is 11.7 Å². The minimum atomic E-state index is 0.0984. The quantitative estimate of drug-likeness (QED) is 0.865. The molecule has 2 N–H and O–H groups in total. The zero-order valence-corrected chi connectivity index (χ0v) is 13.3. The normalized spacial score (nSPS) is 17.0. The second kappa shape index (κ2) is 7.05. The maximum absolute atomic E-state index is 6.04. The second-order valence-corrected chi connectivity index (χ2v) is 6.34. The lowest BCUT2D eigenvalue weighted by atomic mass is 10.0. The van der Waals surface area contributed by atoms with Gasteiger partial charge in [0, 0.05) is 18.0 Å². The lowest BCUT2D eigenvalue weighted by Crippen LogP contribution is -2.08. The molecule has 1 heterocycles. The van der Waals surface area contributed by atoms with Gasteiger partial charge in [-0.3, -0.25) is 0 Å². The van der Waals surface area contributed by atoms with Gasteiger partial charge >= 0.3 is 0 Å². The van der Waals surface area contributed by atoms with Crippen molar-refractivity contribution in [1.82, 2.24) is 10.1 Å². The van der Waals surface area contributed by atoms with Gasteiger partial charge in [0.05, 0.1) is 0 Å². The number of nitrogens with two attached hydrogens (primary N) is 1. The average molecular weight is 299 g/mol. The molecule has 0 radical (unpaired) electrons. The highest BCUT2D eigenvalue weighted by Gasteiger charge is 2.17. The van der Waals surface area contributed by atoms with Crippen molar-refractivity contribution in [2.75, 3.05) is 0 Å². The summed E-state index contributed by atoms with van der Waals surface area (Å²) in [4.78, 5) is 4.53. The van der Waals surface area contributed by atoms with Gasteiger partial charge in [-0.2, -0.15) is 4.98 Å². The molecule has 0 aliphatic heterocycles. The van der Waals surface area contributed by atoms with Crippen molar-refractivity contribution in [2.24, 2.45) is 11.7 Å². The molecule has 4 nitrogen and oxygen atoms in total. The molecule has 0 spiro atoms. The monoisotopic (exact) mass is 299 g/mol. The van der Waals surface area contributed by atoms with E-state index < -0.39 is 0 Å². The Bertz CT molecular complexity index is 585. The highest BCUT2D eigenvalue weighted by molar-refractivity contribution is 5.54. The molecular formula is C18H25N3O. The van der Waals surface area contributed by atoms with Crippen LogP contribution >= 0.6 is 0 Å². The zero-order valence-electron chi connectivity index (χ0n) is 13.3. The number of hydrogen-bond donors (Lipinski definition) is 1. The molecule has 4 heteroatoms. The maximum atomic E-state index is 6.04. The highest BCUT2D eigenvalue weighted by Crippen LogP contribution is 2.28. The Labute approximate surface area is 132 Å². The lowest BCUT2D eigenvalue weighted by molar-refractivity contribution is 0.362. The van der Waals surface area contributed by atoms with E-state index in [9.17, 15) is 0 Å². The maximum Gasteiger partial charge on any atom is 0.226 e. The summed E-state index contributed by atoms with van der Waals surface area (Å²) in [5.41, 5.74) is 8.17. The Morgan fingerprint density at radius 3 is 2.64 bits per heavy atom. The van der Waals surface area contributed by atoms with Crippen molar-refractivity contribution in [3.05, 3.63) is 35.7 Å². The van der Waals surface area contributed by atoms with Gasteiger partial charge in [-0.15, -0.1) is 0 Å². The molecule has 0 saturated heterocycles. The third kappa shape index (κ3) is 3.55. The summed E-state index contributed by atoms with van der Waals surface area (Å²) in [5.74, 6) is 2.29. The molecule has 1 unspecified atom stereocenters. The molecule has 1 saturated carbocycles. The topological polar surface area (TPSA) is 64.9 Å². The first-order chi connectivity index (χ1) is 10.8. The summed E-state index contributed by atoms with van der Waals surface area (Å²) in [5, 5.41) is 4.11. The zero-order chi connectivity index (χ0) is 15.4. The van der Waals surface area contributed by atoms with Crippen LogP contribution in [0.1, 0.15) is 62.9 Å². The second-order valence-electron chi connectivity index (χ2n) is 6.34. The summed E-state index contributed by atoms with van der Waals surface area (Å²) >= 11 is 0. The van der Waals surface area contributed by atoms with E-state index in [1.165, 1.54) is 32.1 Å². The van der Waals surface area contributed by atoms with Crippen LogP contribution in [0.15, 0.2) is 28.8 Å². The van der Waals surface area contributed by atoms with Gasteiger partial charge < -0.3 is 10.3 Å². The first kappa shape index (κ1) is 15.2. The van der Waals surface area contributed by atoms with Crippen molar-refractivity contribution in [3.8, 4) is 11.4 Å². The molecule has 22 heavy (non-hydrogen) atoms. The van der Waals surface area contributed by atoms with Crippen LogP contribution in [0.4, 0.5) is 0 Å². The molecule has 1 aliphatic carbocycles. The predicted octanol–water partition coefficient (Wildman–Crippen LogP) is 4.27. The minimum Gasteiger partial charge on any atom is -0.339 e. The third-order valence-electron chi connectivity index (χ3n) is 4.75. The van der Waals surface area contributed by atoms with Crippen LogP contribution in [0, 0.1) is 5.92 Å². The summed E-state index contributed by atoms with van der Waals surface area (Å²) in [7, 11) is 0. The van der Waals surface area contributed by atoms with Gasteiger partial charge in [0.1, 0.15) is 0 Å². The SMILES string of the molecule is CCC(N)c1ccc(-c2noc(CCC3CCCC3)n2)cc1. The summed E-state index contributed by atoms with van der Waals surface area (Å²) in [6, 6.07) is 8.25. The van der Waals surface area contributed by atoms with E-state index >= 15 is 0 Å². The molecule has 0 amide bonds. The van der Waals surface area contributed by atoms with Gasteiger partial charge in [-0.1, -0.05) is 62.0 Å². The van der Waals surface area contributed by atoms with Crippen molar-refractivity contribution in [3.63, 3.8) is 0 Å². The number of benzene rings is 1. The van der Waals surface area contributed by atoms with Crippen molar-refractivity contribution >= 4 is 0 Å². The Kier molecular flexibility index (Phi) is 4.88. The molecule has 0 bridgehead atoms. The Morgan fingerprint density at radius 1 is 1.23 bits per heavy atom. The molecule has 118 valence electrons. The first-order valence-electron chi connectivity index (χ1n) is 8.44. The molecule has 1 aliphatic rings. The summed E-state index contributed by atoms with van der Waals surface area (Å²) in [6.45, 7) is 2.09. The summed E-state index contributed by atoms with van der Waals surface area (Å²) < 4.78 is 5.39. The van der Waals surface area contributed by atoms with E-state index in [4.69, 9.17) is 10.3 Å². The Hall–Kier alpha value is -1.68. The van der Waals surface area contributed by atoms with E-state index in [2.05, 4.69) is 29.2 Å². The molecular weight excluding hydrogens is 274 g/mol. The van der Waals surface area contributed by atoms with Gasteiger partial charge in [0.15, 0.2) is 0 Å². The summed E-state index contributed by atoms with van der Waals surface area (Å²) in [6.07, 6.45) is 8.49. The smallest absolute Gasteiger partial charge is 0.226 e. The molecule has 1 atom stereocenters.